The van der Waals surface area contributed by atoms with Gasteiger partial charge in [0.15, 0.2) is 5.82 Å². The molecule has 1 aromatic heterocycles. The van der Waals surface area contributed by atoms with Crippen LogP contribution in [0.5, 0.6) is 0 Å². The zero-order valence-corrected chi connectivity index (χ0v) is 9.31. The average molecular weight is 229 g/mol. The van der Waals surface area contributed by atoms with Crippen LogP contribution < -0.4 is 4.90 Å². The normalized spacial score (nSPS) is 18.1. The molecule has 2 heterocycles. The summed E-state index contributed by atoms with van der Waals surface area (Å²) in [6.07, 6.45) is 4.03. The highest BCUT2D eigenvalue weighted by Gasteiger charge is 2.19. The van der Waals surface area contributed by atoms with Crippen LogP contribution in [0.15, 0.2) is 6.20 Å². The summed E-state index contributed by atoms with van der Waals surface area (Å²) in [5.41, 5.74) is 0. The number of hydrogen-bond acceptors (Lipinski definition) is 5. The molecule has 2 rings (SSSR count). The summed E-state index contributed by atoms with van der Waals surface area (Å²) in [5, 5.41) is 7.60. The fourth-order valence-corrected chi connectivity index (χ4v) is 1.88. The van der Waals surface area contributed by atoms with Crippen molar-refractivity contribution in [2.24, 2.45) is 0 Å². The summed E-state index contributed by atoms with van der Waals surface area (Å²) in [6.45, 7) is 1.85. The molecule has 6 heteroatoms. The van der Waals surface area contributed by atoms with Crippen LogP contribution in [-0.2, 0) is 4.74 Å². The molecule has 0 aliphatic carbocycles. The predicted octanol–water partition coefficient (Wildman–Crippen LogP) is 1.14. The molecule has 1 aromatic rings. The molecule has 1 aliphatic rings. The maximum atomic E-state index is 5.68. The van der Waals surface area contributed by atoms with Crippen molar-refractivity contribution >= 4 is 17.4 Å². The Labute approximate surface area is 93.4 Å². The molecule has 0 saturated carbocycles. The molecule has 1 aliphatic heterocycles. The first-order valence-corrected chi connectivity index (χ1v) is 5.30. The van der Waals surface area contributed by atoms with Crippen molar-refractivity contribution < 1.29 is 4.74 Å². The quantitative estimate of drug-likeness (QED) is 0.760. The lowest BCUT2D eigenvalue weighted by Gasteiger charge is -2.31. The summed E-state index contributed by atoms with van der Waals surface area (Å²) in [6, 6.07) is 0. The van der Waals surface area contributed by atoms with Crippen LogP contribution in [0.25, 0.3) is 0 Å². The van der Waals surface area contributed by atoms with Gasteiger partial charge in [-0.25, -0.2) is 0 Å². The van der Waals surface area contributed by atoms with Gasteiger partial charge in [-0.3, -0.25) is 0 Å². The van der Waals surface area contributed by atoms with Crippen molar-refractivity contribution in [2.75, 3.05) is 25.1 Å². The van der Waals surface area contributed by atoms with Crippen molar-refractivity contribution in [2.45, 2.75) is 18.9 Å². The number of ether oxygens (including phenoxy) is 1. The minimum atomic E-state index is 0.196. The summed E-state index contributed by atoms with van der Waals surface area (Å²) in [4.78, 5) is 6.27. The third-order valence-corrected chi connectivity index (χ3v) is 2.78. The Hall–Kier alpha value is -0.940. The van der Waals surface area contributed by atoms with Gasteiger partial charge >= 0.3 is 0 Å². The van der Waals surface area contributed by atoms with E-state index >= 15 is 0 Å². The molecule has 82 valence electrons. The number of piperidine rings is 1. The van der Waals surface area contributed by atoms with Gasteiger partial charge in [-0.05, 0) is 24.4 Å². The number of rotatable bonds is 2. The van der Waals surface area contributed by atoms with E-state index in [1.165, 1.54) is 0 Å². The fraction of sp³-hybridized carbons (Fsp3) is 0.667. The third kappa shape index (κ3) is 2.54. The van der Waals surface area contributed by atoms with Gasteiger partial charge in [0, 0.05) is 20.2 Å². The van der Waals surface area contributed by atoms with Crippen molar-refractivity contribution in [1.82, 2.24) is 15.2 Å². The van der Waals surface area contributed by atoms with Gasteiger partial charge in [0.05, 0.1) is 12.3 Å². The summed E-state index contributed by atoms with van der Waals surface area (Å²) in [5.74, 6) is 0.796. The molecule has 1 fully saturated rings. The number of anilines is 1. The van der Waals surface area contributed by atoms with E-state index in [4.69, 9.17) is 16.3 Å². The van der Waals surface area contributed by atoms with Gasteiger partial charge in [-0.15, -0.1) is 5.10 Å². The number of halogens is 1. The van der Waals surface area contributed by atoms with Crippen LogP contribution in [0, 0.1) is 0 Å². The molecule has 0 amide bonds. The maximum absolute atomic E-state index is 5.68. The highest BCUT2D eigenvalue weighted by Crippen LogP contribution is 2.18. The molecule has 0 spiro atoms. The molecule has 0 atom stereocenters. The minimum Gasteiger partial charge on any atom is -0.381 e. The van der Waals surface area contributed by atoms with E-state index in [-0.39, 0.29) is 5.28 Å². The second-order valence-corrected chi connectivity index (χ2v) is 3.84. The van der Waals surface area contributed by atoms with E-state index in [9.17, 15) is 0 Å². The van der Waals surface area contributed by atoms with Gasteiger partial charge in [-0.2, -0.15) is 10.1 Å². The van der Waals surface area contributed by atoms with Gasteiger partial charge < -0.3 is 9.64 Å². The molecule has 1 saturated heterocycles. The summed E-state index contributed by atoms with van der Waals surface area (Å²) >= 11 is 5.68. The highest BCUT2D eigenvalue weighted by atomic mass is 35.5. The van der Waals surface area contributed by atoms with E-state index < -0.39 is 0 Å². The average Bonchev–Trinajstić information content (AvgIpc) is 2.29. The maximum Gasteiger partial charge on any atom is 0.244 e. The molecule has 0 unspecified atom stereocenters. The van der Waals surface area contributed by atoms with E-state index in [2.05, 4.69) is 20.1 Å². The Kier molecular flexibility index (Phi) is 3.33. The zero-order valence-electron chi connectivity index (χ0n) is 8.56. The van der Waals surface area contributed by atoms with Crippen LogP contribution in [0.3, 0.4) is 0 Å². The van der Waals surface area contributed by atoms with E-state index in [1.807, 2.05) is 0 Å². The second-order valence-electron chi connectivity index (χ2n) is 3.51. The van der Waals surface area contributed by atoms with Gasteiger partial charge in [-0.1, -0.05) is 0 Å². The molecule has 0 radical (unpaired) electrons. The van der Waals surface area contributed by atoms with Crippen LogP contribution in [0.2, 0.25) is 5.28 Å². The predicted molar refractivity (Wildman–Crippen MR) is 57.1 cm³/mol. The summed E-state index contributed by atoms with van der Waals surface area (Å²) < 4.78 is 5.30. The first kappa shape index (κ1) is 10.6. The van der Waals surface area contributed by atoms with Gasteiger partial charge in [0.25, 0.3) is 0 Å². The van der Waals surface area contributed by atoms with Crippen molar-refractivity contribution in [3.63, 3.8) is 0 Å². The Morgan fingerprint density at radius 2 is 2.20 bits per heavy atom. The van der Waals surface area contributed by atoms with Crippen molar-refractivity contribution in [1.29, 1.82) is 0 Å². The monoisotopic (exact) mass is 228 g/mol. The lowest BCUT2D eigenvalue weighted by atomic mass is 10.1. The highest BCUT2D eigenvalue weighted by molar-refractivity contribution is 6.28. The summed E-state index contributed by atoms with van der Waals surface area (Å²) in [7, 11) is 1.75. The Morgan fingerprint density at radius 1 is 1.47 bits per heavy atom. The van der Waals surface area contributed by atoms with E-state index in [1.54, 1.807) is 13.3 Å². The molecule has 15 heavy (non-hydrogen) atoms. The van der Waals surface area contributed by atoms with Crippen LogP contribution in [-0.4, -0.2) is 41.5 Å². The standard InChI is InChI=1S/C9H13ClN4O/c1-15-7-2-4-14(5-3-7)8-6-11-13-9(10)12-8/h6-7H,2-5H2,1H3. The minimum absolute atomic E-state index is 0.196. The number of aromatic nitrogens is 3. The topological polar surface area (TPSA) is 51.1 Å². The van der Waals surface area contributed by atoms with Gasteiger partial charge in [0.2, 0.25) is 5.28 Å². The van der Waals surface area contributed by atoms with Crippen molar-refractivity contribution in [3.05, 3.63) is 11.5 Å². The van der Waals surface area contributed by atoms with Crippen LogP contribution in [0.4, 0.5) is 5.82 Å². The van der Waals surface area contributed by atoms with E-state index in [0.717, 1.165) is 31.7 Å². The molecule has 0 N–H and O–H groups in total. The lowest BCUT2D eigenvalue weighted by molar-refractivity contribution is 0.0818. The molecular formula is C9H13ClN4O. The Balaban J connectivity index is 2.01. The lowest BCUT2D eigenvalue weighted by Crippen LogP contribution is -2.37. The molecule has 0 bridgehead atoms. The SMILES string of the molecule is COC1CCN(c2cnnc(Cl)n2)CC1. The number of methoxy groups -OCH3 is 1. The zero-order chi connectivity index (χ0) is 10.7. The smallest absolute Gasteiger partial charge is 0.244 e. The second kappa shape index (κ2) is 4.72. The third-order valence-electron chi connectivity index (χ3n) is 2.62. The molecule has 5 nitrogen and oxygen atoms in total. The number of hydrogen-bond donors (Lipinski definition) is 0. The van der Waals surface area contributed by atoms with Crippen LogP contribution in [0.1, 0.15) is 12.8 Å². The molecular weight excluding hydrogens is 216 g/mol. The largest absolute Gasteiger partial charge is 0.381 e. The Morgan fingerprint density at radius 3 is 2.80 bits per heavy atom. The molecule has 0 aromatic carbocycles. The fourth-order valence-electron chi connectivity index (χ4n) is 1.75. The first-order chi connectivity index (χ1) is 7.29. The Bertz CT molecular complexity index is 328. The number of nitrogens with zero attached hydrogens (tertiary/aromatic N) is 4. The van der Waals surface area contributed by atoms with Gasteiger partial charge in [0.1, 0.15) is 0 Å². The van der Waals surface area contributed by atoms with Crippen molar-refractivity contribution in [3.8, 4) is 0 Å². The van der Waals surface area contributed by atoms with E-state index in [0.29, 0.717) is 6.10 Å². The van der Waals surface area contributed by atoms with Crippen LogP contribution >= 0.6 is 11.6 Å². The first-order valence-electron chi connectivity index (χ1n) is 4.92.